The Bertz CT molecular complexity index is 593. The van der Waals surface area contributed by atoms with Gasteiger partial charge in [-0.05, 0) is 19.9 Å². The third-order valence-corrected chi connectivity index (χ3v) is 3.90. The molecule has 0 bridgehead atoms. The number of nitro benzene ring substituents is 1. The Labute approximate surface area is 108 Å². The number of para-hydroxylation sites is 1. The lowest BCUT2D eigenvalue weighted by atomic mass is 10.2. The molecular weight excluding hydrogens is 252 g/mol. The van der Waals surface area contributed by atoms with Gasteiger partial charge in [-0.2, -0.15) is 0 Å². The van der Waals surface area contributed by atoms with Crippen LogP contribution in [0.2, 0.25) is 0 Å². The Hall–Kier alpha value is -1.79. The van der Waals surface area contributed by atoms with E-state index in [0.29, 0.717) is 16.3 Å². The first-order valence-corrected chi connectivity index (χ1v) is 6.21. The van der Waals surface area contributed by atoms with Crippen LogP contribution in [-0.2, 0) is 0 Å². The quantitative estimate of drug-likeness (QED) is 0.682. The summed E-state index contributed by atoms with van der Waals surface area (Å²) in [6.45, 7) is 3.44. The molecule has 6 heteroatoms. The molecule has 2 aromatic rings. The van der Waals surface area contributed by atoms with Crippen molar-refractivity contribution in [3.63, 3.8) is 0 Å². The Morgan fingerprint density at radius 3 is 2.67 bits per heavy atom. The number of aliphatic hydroxyl groups is 1. The van der Waals surface area contributed by atoms with Crippen LogP contribution in [-0.4, -0.2) is 15.0 Å². The number of rotatable bonds is 3. The van der Waals surface area contributed by atoms with Gasteiger partial charge in [0, 0.05) is 6.07 Å². The largest absolute Gasteiger partial charge is 0.388 e. The highest BCUT2D eigenvalue weighted by Crippen LogP contribution is 2.36. The molecule has 5 nitrogen and oxygen atoms in total. The Morgan fingerprint density at radius 1 is 1.44 bits per heavy atom. The number of aryl methyl sites for hydroxylation is 1. The van der Waals surface area contributed by atoms with Gasteiger partial charge in [-0.3, -0.25) is 10.1 Å². The third kappa shape index (κ3) is 2.25. The smallest absolute Gasteiger partial charge is 0.279 e. The van der Waals surface area contributed by atoms with Crippen LogP contribution >= 0.6 is 11.3 Å². The van der Waals surface area contributed by atoms with E-state index in [0.717, 1.165) is 4.88 Å². The van der Waals surface area contributed by atoms with Crippen LogP contribution < -0.4 is 0 Å². The topological polar surface area (TPSA) is 76.3 Å². The van der Waals surface area contributed by atoms with Crippen LogP contribution in [0.4, 0.5) is 5.69 Å². The number of benzene rings is 1. The summed E-state index contributed by atoms with van der Waals surface area (Å²) in [7, 11) is 0. The first-order valence-electron chi connectivity index (χ1n) is 5.40. The first kappa shape index (κ1) is 12.7. The normalized spacial score (nSPS) is 12.4. The zero-order valence-corrected chi connectivity index (χ0v) is 10.8. The number of hydrogen-bond donors (Lipinski definition) is 1. The van der Waals surface area contributed by atoms with Crippen molar-refractivity contribution in [3.05, 3.63) is 45.0 Å². The maximum absolute atomic E-state index is 11.0. The predicted octanol–water partition coefficient (Wildman–Crippen LogP) is 3.08. The van der Waals surface area contributed by atoms with Crippen LogP contribution in [0, 0.1) is 17.0 Å². The molecule has 2 rings (SSSR count). The zero-order valence-electron chi connectivity index (χ0n) is 9.95. The second-order valence-corrected chi connectivity index (χ2v) is 4.95. The molecule has 1 N–H and O–H groups in total. The standard InChI is InChI=1S/C12H12N2O3S/c1-7-11(8(2)15)18-12(13-7)9-5-3-4-6-10(9)14(16)17/h3-6,8,15H,1-2H3. The average molecular weight is 264 g/mol. The monoisotopic (exact) mass is 264 g/mol. The van der Waals surface area contributed by atoms with Crippen LogP contribution in [0.1, 0.15) is 23.6 Å². The van der Waals surface area contributed by atoms with E-state index in [1.54, 1.807) is 32.0 Å². The van der Waals surface area contributed by atoms with E-state index >= 15 is 0 Å². The summed E-state index contributed by atoms with van der Waals surface area (Å²) in [4.78, 5) is 15.6. The van der Waals surface area contributed by atoms with Gasteiger partial charge in [0.2, 0.25) is 0 Å². The fourth-order valence-corrected chi connectivity index (χ4v) is 2.76. The molecule has 0 saturated carbocycles. The molecule has 0 amide bonds. The maximum atomic E-state index is 11.0. The van der Waals surface area contributed by atoms with Crippen molar-refractivity contribution < 1.29 is 10.0 Å². The van der Waals surface area contributed by atoms with E-state index in [4.69, 9.17) is 0 Å². The van der Waals surface area contributed by atoms with Gasteiger partial charge < -0.3 is 5.11 Å². The van der Waals surface area contributed by atoms with E-state index in [-0.39, 0.29) is 5.69 Å². The molecule has 1 aromatic carbocycles. The number of nitro groups is 1. The molecule has 94 valence electrons. The van der Waals surface area contributed by atoms with Crippen LogP contribution in [0.25, 0.3) is 10.6 Å². The molecule has 18 heavy (non-hydrogen) atoms. The minimum absolute atomic E-state index is 0.0309. The van der Waals surface area contributed by atoms with Gasteiger partial charge in [0.05, 0.1) is 27.2 Å². The lowest BCUT2D eigenvalue weighted by molar-refractivity contribution is -0.384. The molecule has 0 radical (unpaired) electrons. The summed E-state index contributed by atoms with van der Waals surface area (Å²) in [6, 6.07) is 6.48. The molecule has 0 spiro atoms. The second-order valence-electron chi connectivity index (χ2n) is 3.92. The SMILES string of the molecule is Cc1nc(-c2ccccc2[N+](=O)[O-])sc1C(C)O. The lowest BCUT2D eigenvalue weighted by Crippen LogP contribution is -1.91. The van der Waals surface area contributed by atoms with Crippen molar-refractivity contribution in [2.75, 3.05) is 0 Å². The molecule has 1 aromatic heterocycles. The molecule has 0 aliphatic carbocycles. The van der Waals surface area contributed by atoms with Crippen molar-refractivity contribution in [1.29, 1.82) is 0 Å². The molecule has 0 aliphatic heterocycles. The summed E-state index contributed by atoms with van der Waals surface area (Å²) in [5.41, 5.74) is 1.23. The molecule has 1 heterocycles. The van der Waals surface area contributed by atoms with E-state index in [1.807, 2.05) is 0 Å². The van der Waals surface area contributed by atoms with Gasteiger partial charge in [0.15, 0.2) is 0 Å². The van der Waals surface area contributed by atoms with E-state index in [1.165, 1.54) is 17.4 Å². The Kier molecular flexibility index (Phi) is 3.40. The predicted molar refractivity (Wildman–Crippen MR) is 69.6 cm³/mol. The Balaban J connectivity index is 2.56. The zero-order chi connectivity index (χ0) is 13.3. The van der Waals surface area contributed by atoms with Crippen molar-refractivity contribution in [2.24, 2.45) is 0 Å². The molecule has 1 atom stereocenters. The van der Waals surface area contributed by atoms with Crippen LogP contribution in [0.5, 0.6) is 0 Å². The first-order chi connectivity index (χ1) is 8.50. The number of nitrogens with zero attached hydrogens (tertiary/aromatic N) is 2. The van der Waals surface area contributed by atoms with Crippen molar-refractivity contribution in [3.8, 4) is 10.6 Å². The van der Waals surface area contributed by atoms with Gasteiger partial charge in [0.25, 0.3) is 5.69 Å². The van der Waals surface area contributed by atoms with Crippen molar-refractivity contribution in [1.82, 2.24) is 4.98 Å². The number of hydrogen-bond acceptors (Lipinski definition) is 5. The summed E-state index contributed by atoms with van der Waals surface area (Å²) in [5.74, 6) is 0. The highest BCUT2D eigenvalue weighted by Gasteiger charge is 2.19. The van der Waals surface area contributed by atoms with Crippen molar-refractivity contribution >= 4 is 17.0 Å². The average Bonchev–Trinajstić information content (AvgIpc) is 2.71. The summed E-state index contributed by atoms with van der Waals surface area (Å²) in [6.07, 6.45) is -0.612. The van der Waals surface area contributed by atoms with E-state index < -0.39 is 11.0 Å². The summed E-state index contributed by atoms with van der Waals surface area (Å²) in [5, 5.41) is 21.1. The summed E-state index contributed by atoms with van der Waals surface area (Å²) >= 11 is 1.29. The van der Waals surface area contributed by atoms with Gasteiger partial charge >= 0.3 is 0 Å². The fourth-order valence-electron chi connectivity index (χ4n) is 1.72. The second kappa shape index (κ2) is 4.83. The van der Waals surface area contributed by atoms with Crippen LogP contribution in [0.3, 0.4) is 0 Å². The van der Waals surface area contributed by atoms with Gasteiger partial charge in [-0.15, -0.1) is 11.3 Å². The lowest BCUT2D eigenvalue weighted by Gasteiger charge is -1.99. The summed E-state index contributed by atoms with van der Waals surface area (Å²) < 4.78 is 0. The minimum Gasteiger partial charge on any atom is -0.388 e. The number of thiazole rings is 1. The fraction of sp³-hybridized carbons (Fsp3) is 0.250. The molecular formula is C12H12N2O3S. The number of aromatic nitrogens is 1. The minimum atomic E-state index is -0.612. The van der Waals surface area contributed by atoms with Gasteiger partial charge in [-0.25, -0.2) is 4.98 Å². The van der Waals surface area contributed by atoms with Gasteiger partial charge in [0.1, 0.15) is 5.01 Å². The highest BCUT2D eigenvalue weighted by atomic mass is 32.1. The number of aliphatic hydroxyl groups excluding tert-OH is 1. The van der Waals surface area contributed by atoms with Crippen LogP contribution in [0.15, 0.2) is 24.3 Å². The third-order valence-electron chi connectivity index (χ3n) is 2.54. The highest BCUT2D eigenvalue weighted by molar-refractivity contribution is 7.15. The van der Waals surface area contributed by atoms with Crippen molar-refractivity contribution in [2.45, 2.75) is 20.0 Å². The Morgan fingerprint density at radius 2 is 2.11 bits per heavy atom. The molecule has 0 saturated heterocycles. The van der Waals surface area contributed by atoms with Gasteiger partial charge in [-0.1, -0.05) is 12.1 Å². The van der Waals surface area contributed by atoms with E-state index in [9.17, 15) is 15.2 Å². The van der Waals surface area contributed by atoms with E-state index in [2.05, 4.69) is 4.98 Å². The molecule has 0 aliphatic rings. The molecule has 0 fully saturated rings. The molecule has 1 unspecified atom stereocenters. The maximum Gasteiger partial charge on any atom is 0.279 e.